The van der Waals surface area contributed by atoms with Crippen molar-refractivity contribution in [1.29, 1.82) is 0 Å². The minimum absolute atomic E-state index is 0.124. The van der Waals surface area contributed by atoms with Crippen molar-refractivity contribution in [3.8, 4) is 0 Å². The summed E-state index contributed by atoms with van der Waals surface area (Å²) in [7, 11) is 0. The summed E-state index contributed by atoms with van der Waals surface area (Å²) in [5.41, 5.74) is 3.77. The van der Waals surface area contributed by atoms with Gasteiger partial charge in [-0.1, -0.05) is 0 Å². The largest absolute Gasteiger partial charge is 0.270 e. The number of pyridine rings is 1. The Morgan fingerprint density at radius 3 is 2.44 bits per heavy atom. The van der Waals surface area contributed by atoms with Crippen molar-refractivity contribution in [3.63, 3.8) is 0 Å². The number of nitro groups is 1. The molecule has 0 saturated heterocycles. The molecular weight excluding hydrogens is 204 g/mol. The van der Waals surface area contributed by atoms with E-state index in [1.165, 1.54) is 0 Å². The normalized spacial score (nSPS) is 10.7. The maximum atomic E-state index is 10.8. The topological polar surface area (TPSA) is 56.0 Å². The highest BCUT2D eigenvalue weighted by molar-refractivity contribution is 5.87. The molecule has 1 heterocycles. The molecule has 1 aromatic carbocycles. The maximum Gasteiger partial charge on any atom is 0.270 e. The van der Waals surface area contributed by atoms with Crippen molar-refractivity contribution in [2.75, 3.05) is 0 Å². The Morgan fingerprint density at radius 2 is 1.81 bits per heavy atom. The number of aromatic nitrogens is 1. The molecule has 2 aromatic rings. The van der Waals surface area contributed by atoms with E-state index >= 15 is 0 Å². The summed E-state index contributed by atoms with van der Waals surface area (Å²) in [5, 5.41) is 11.6. The van der Waals surface area contributed by atoms with Crippen LogP contribution in [0.2, 0.25) is 0 Å². The molecule has 0 fully saturated rings. The van der Waals surface area contributed by atoms with Crippen LogP contribution in [0.15, 0.2) is 18.2 Å². The van der Waals surface area contributed by atoms with Crippen molar-refractivity contribution in [1.82, 2.24) is 4.98 Å². The van der Waals surface area contributed by atoms with Crippen molar-refractivity contribution < 1.29 is 4.92 Å². The molecule has 2 rings (SSSR count). The Labute approximate surface area is 93.1 Å². The van der Waals surface area contributed by atoms with Crippen LogP contribution in [0.5, 0.6) is 0 Å². The lowest BCUT2D eigenvalue weighted by Gasteiger charge is -2.06. The minimum atomic E-state index is -0.369. The molecule has 4 nitrogen and oxygen atoms in total. The third kappa shape index (κ3) is 1.62. The van der Waals surface area contributed by atoms with E-state index in [1.807, 2.05) is 26.8 Å². The van der Waals surface area contributed by atoms with Gasteiger partial charge in [-0.05, 0) is 38.0 Å². The van der Waals surface area contributed by atoms with Gasteiger partial charge < -0.3 is 0 Å². The highest BCUT2D eigenvalue weighted by atomic mass is 16.6. The fraction of sp³-hybridized carbons (Fsp3) is 0.250. The lowest BCUT2D eigenvalue weighted by atomic mass is 10.0. The van der Waals surface area contributed by atoms with Gasteiger partial charge in [0.25, 0.3) is 5.69 Å². The van der Waals surface area contributed by atoms with Gasteiger partial charge in [-0.25, -0.2) is 0 Å². The summed E-state index contributed by atoms with van der Waals surface area (Å²) < 4.78 is 0. The molecule has 4 heteroatoms. The van der Waals surface area contributed by atoms with Crippen molar-refractivity contribution in [2.45, 2.75) is 20.8 Å². The Morgan fingerprint density at radius 1 is 1.12 bits per heavy atom. The molecule has 16 heavy (non-hydrogen) atoms. The summed E-state index contributed by atoms with van der Waals surface area (Å²) >= 11 is 0. The van der Waals surface area contributed by atoms with Gasteiger partial charge in [-0.15, -0.1) is 0 Å². The van der Waals surface area contributed by atoms with E-state index < -0.39 is 0 Å². The Balaban J connectivity index is 2.87. The van der Waals surface area contributed by atoms with Crippen LogP contribution in [0, 0.1) is 30.9 Å². The molecule has 0 aliphatic rings. The van der Waals surface area contributed by atoms with Gasteiger partial charge in [0.15, 0.2) is 0 Å². The zero-order valence-electron chi connectivity index (χ0n) is 9.44. The molecule has 0 aliphatic heterocycles. The number of benzene rings is 1. The number of nitrogens with zero attached hydrogens (tertiary/aromatic N) is 2. The van der Waals surface area contributed by atoms with E-state index in [0.717, 1.165) is 27.7 Å². The first-order valence-corrected chi connectivity index (χ1v) is 5.02. The van der Waals surface area contributed by atoms with Crippen LogP contribution in [0.1, 0.15) is 16.8 Å². The number of hydrogen-bond donors (Lipinski definition) is 0. The van der Waals surface area contributed by atoms with Gasteiger partial charge >= 0.3 is 0 Å². The van der Waals surface area contributed by atoms with E-state index in [2.05, 4.69) is 4.98 Å². The second-order valence-corrected chi connectivity index (χ2v) is 4.00. The number of aryl methyl sites for hydroxylation is 3. The van der Waals surface area contributed by atoms with Crippen LogP contribution in [-0.2, 0) is 0 Å². The molecular formula is C12H12N2O2. The lowest BCUT2D eigenvalue weighted by molar-refractivity contribution is -0.384. The first kappa shape index (κ1) is 10.5. The quantitative estimate of drug-likeness (QED) is 0.543. The molecule has 0 atom stereocenters. The third-order valence-electron chi connectivity index (χ3n) is 2.63. The Hall–Kier alpha value is -1.97. The van der Waals surface area contributed by atoms with Crippen LogP contribution in [0.4, 0.5) is 5.69 Å². The molecule has 0 N–H and O–H groups in total. The molecule has 0 aliphatic carbocycles. The second-order valence-electron chi connectivity index (χ2n) is 4.00. The smallest absolute Gasteiger partial charge is 0.258 e. The van der Waals surface area contributed by atoms with Crippen molar-refractivity contribution >= 4 is 16.6 Å². The van der Waals surface area contributed by atoms with E-state index in [0.29, 0.717) is 0 Å². The molecule has 0 amide bonds. The molecule has 0 radical (unpaired) electrons. The highest BCUT2D eigenvalue weighted by Crippen LogP contribution is 2.26. The number of non-ortho nitro benzene ring substituents is 1. The van der Waals surface area contributed by atoms with Gasteiger partial charge in [0.05, 0.1) is 10.4 Å². The molecule has 0 spiro atoms. The van der Waals surface area contributed by atoms with E-state index in [4.69, 9.17) is 0 Å². The number of rotatable bonds is 1. The summed E-state index contributed by atoms with van der Waals surface area (Å²) in [4.78, 5) is 14.8. The molecule has 1 aromatic heterocycles. The fourth-order valence-electron chi connectivity index (χ4n) is 1.91. The predicted octanol–water partition coefficient (Wildman–Crippen LogP) is 3.07. The Bertz CT molecular complexity index is 591. The fourth-order valence-corrected chi connectivity index (χ4v) is 1.91. The van der Waals surface area contributed by atoms with Gasteiger partial charge in [-0.2, -0.15) is 0 Å². The average molecular weight is 216 g/mol. The van der Waals surface area contributed by atoms with Crippen LogP contribution in [-0.4, -0.2) is 9.91 Å². The van der Waals surface area contributed by atoms with E-state index in [-0.39, 0.29) is 10.6 Å². The SMILES string of the molecule is Cc1cc(C)c2cc([N+](=O)[O-])cc(C)c2n1. The maximum absolute atomic E-state index is 10.8. The number of fused-ring (bicyclic) bond motifs is 1. The van der Waals surface area contributed by atoms with Crippen LogP contribution in [0.3, 0.4) is 0 Å². The molecule has 82 valence electrons. The first-order valence-electron chi connectivity index (χ1n) is 5.02. The van der Waals surface area contributed by atoms with Crippen molar-refractivity contribution in [3.05, 3.63) is 45.1 Å². The standard InChI is InChI=1S/C12H12N2O2/c1-7-4-9(3)13-12-8(2)5-10(14(15)16)6-11(7)12/h4-6H,1-3H3. The zero-order valence-corrected chi connectivity index (χ0v) is 9.44. The lowest BCUT2D eigenvalue weighted by Crippen LogP contribution is -1.94. The molecule has 0 saturated carbocycles. The molecule has 0 unspecified atom stereocenters. The predicted molar refractivity (Wildman–Crippen MR) is 62.6 cm³/mol. The summed E-state index contributed by atoms with van der Waals surface area (Å²) in [5.74, 6) is 0. The second kappa shape index (κ2) is 3.56. The first-order chi connectivity index (χ1) is 7.49. The average Bonchev–Trinajstić information content (AvgIpc) is 2.19. The van der Waals surface area contributed by atoms with Crippen LogP contribution in [0.25, 0.3) is 10.9 Å². The van der Waals surface area contributed by atoms with Gasteiger partial charge in [0, 0.05) is 23.2 Å². The van der Waals surface area contributed by atoms with Crippen LogP contribution < -0.4 is 0 Å². The summed E-state index contributed by atoms with van der Waals surface area (Å²) in [6, 6.07) is 5.09. The van der Waals surface area contributed by atoms with Crippen molar-refractivity contribution in [2.24, 2.45) is 0 Å². The van der Waals surface area contributed by atoms with Gasteiger partial charge in [-0.3, -0.25) is 15.1 Å². The molecule has 0 bridgehead atoms. The number of nitro benzene ring substituents is 1. The van der Waals surface area contributed by atoms with Gasteiger partial charge in [0.1, 0.15) is 0 Å². The Kier molecular flexibility index (Phi) is 2.34. The summed E-state index contributed by atoms with van der Waals surface area (Å²) in [6.07, 6.45) is 0. The monoisotopic (exact) mass is 216 g/mol. The van der Waals surface area contributed by atoms with Gasteiger partial charge in [0.2, 0.25) is 0 Å². The summed E-state index contributed by atoms with van der Waals surface area (Å²) in [6.45, 7) is 5.72. The minimum Gasteiger partial charge on any atom is -0.258 e. The highest BCUT2D eigenvalue weighted by Gasteiger charge is 2.11. The number of hydrogen-bond acceptors (Lipinski definition) is 3. The van der Waals surface area contributed by atoms with E-state index in [1.54, 1.807) is 12.1 Å². The zero-order chi connectivity index (χ0) is 11.9. The van der Waals surface area contributed by atoms with Crippen LogP contribution >= 0.6 is 0 Å². The van der Waals surface area contributed by atoms with E-state index in [9.17, 15) is 10.1 Å². The third-order valence-corrected chi connectivity index (χ3v) is 2.63.